The maximum absolute atomic E-state index is 11.5. The lowest BCUT2D eigenvalue weighted by Gasteiger charge is -2.28. The van der Waals surface area contributed by atoms with Gasteiger partial charge in [-0.15, -0.1) is 6.58 Å². The summed E-state index contributed by atoms with van der Waals surface area (Å²) in [6.45, 7) is 5.48. The minimum atomic E-state index is -0.416. The van der Waals surface area contributed by atoms with Crippen LogP contribution in [0.4, 0.5) is 0 Å². The molecule has 0 radical (unpaired) electrons. The minimum Gasteiger partial charge on any atom is -0.505 e. The lowest BCUT2D eigenvalue weighted by Crippen LogP contribution is -2.31. The molecule has 66 valence electrons. The predicted molar refractivity (Wildman–Crippen MR) is 47.9 cm³/mol. The number of carbonyl (C=O) groups is 1. The lowest BCUT2D eigenvalue weighted by atomic mass is 9.74. The van der Waals surface area contributed by atoms with E-state index in [1.807, 2.05) is 6.92 Å². The van der Waals surface area contributed by atoms with E-state index in [-0.39, 0.29) is 11.5 Å². The average Bonchev–Trinajstić information content (AvgIpc) is 2.01. The number of aliphatic hydroxyl groups is 1. The van der Waals surface area contributed by atoms with Gasteiger partial charge in [-0.05, 0) is 25.3 Å². The number of hydrogen-bond acceptors (Lipinski definition) is 2. The first-order valence-corrected chi connectivity index (χ1v) is 4.15. The Balaban J connectivity index is 2.86. The van der Waals surface area contributed by atoms with Gasteiger partial charge in [0.1, 0.15) is 0 Å². The van der Waals surface area contributed by atoms with Gasteiger partial charge < -0.3 is 5.11 Å². The molecule has 0 amide bonds. The zero-order valence-electron chi connectivity index (χ0n) is 7.34. The number of hydrogen-bond donors (Lipinski definition) is 1. The molecule has 2 nitrogen and oxygen atoms in total. The van der Waals surface area contributed by atoms with Gasteiger partial charge >= 0.3 is 0 Å². The van der Waals surface area contributed by atoms with Crippen molar-refractivity contribution < 1.29 is 9.90 Å². The highest BCUT2D eigenvalue weighted by molar-refractivity contribution is 5.98. The Morgan fingerprint density at radius 2 is 2.50 bits per heavy atom. The van der Waals surface area contributed by atoms with E-state index < -0.39 is 5.41 Å². The maximum Gasteiger partial charge on any atom is 0.202 e. The van der Waals surface area contributed by atoms with E-state index in [1.54, 1.807) is 12.2 Å². The second-order valence-electron chi connectivity index (χ2n) is 3.51. The van der Waals surface area contributed by atoms with Crippen molar-refractivity contribution in [1.82, 2.24) is 0 Å². The van der Waals surface area contributed by atoms with Gasteiger partial charge in [0, 0.05) is 5.41 Å². The van der Waals surface area contributed by atoms with Gasteiger partial charge in [-0.3, -0.25) is 4.79 Å². The van der Waals surface area contributed by atoms with Crippen LogP contribution in [0.3, 0.4) is 0 Å². The van der Waals surface area contributed by atoms with Crippen molar-refractivity contribution in [2.45, 2.75) is 26.2 Å². The van der Waals surface area contributed by atoms with Crippen molar-refractivity contribution in [2.75, 3.05) is 0 Å². The Morgan fingerprint density at radius 1 is 1.83 bits per heavy atom. The molecule has 0 heterocycles. The summed E-state index contributed by atoms with van der Waals surface area (Å²) in [4.78, 5) is 11.5. The first-order chi connectivity index (χ1) is 5.60. The molecule has 0 aromatic heterocycles. The minimum absolute atomic E-state index is 0.0781. The van der Waals surface area contributed by atoms with E-state index in [4.69, 9.17) is 0 Å². The summed E-state index contributed by atoms with van der Waals surface area (Å²) in [6.07, 6.45) is 5.55. The number of ketones is 1. The largest absolute Gasteiger partial charge is 0.505 e. The molecule has 1 aliphatic carbocycles. The van der Waals surface area contributed by atoms with Crippen LogP contribution in [0.5, 0.6) is 0 Å². The molecule has 0 saturated heterocycles. The van der Waals surface area contributed by atoms with E-state index in [2.05, 4.69) is 6.58 Å². The SMILES string of the molecule is C=CC[C@]1(C)CCC=C(O)C1=O. The van der Waals surface area contributed by atoms with Gasteiger partial charge in [-0.25, -0.2) is 0 Å². The van der Waals surface area contributed by atoms with Crippen molar-refractivity contribution in [3.8, 4) is 0 Å². The quantitative estimate of drug-likeness (QED) is 0.639. The van der Waals surface area contributed by atoms with Crippen LogP contribution in [0.25, 0.3) is 0 Å². The zero-order chi connectivity index (χ0) is 9.19. The van der Waals surface area contributed by atoms with Crippen LogP contribution >= 0.6 is 0 Å². The molecule has 0 fully saturated rings. The van der Waals surface area contributed by atoms with E-state index in [0.717, 1.165) is 12.8 Å². The Labute approximate surface area is 72.6 Å². The van der Waals surface area contributed by atoms with Crippen LogP contribution in [-0.4, -0.2) is 10.9 Å². The van der Waals surface area contributed by atoms with Gasteiger partial charge in [-0.2, -0.15) is 0 Å². The summed E-state index contributed by atoms with van der Waals surface area (Å²) < 4.78 is 0. The van der Waals surface area contributed by atoms with Crippen LogP contribution in [0.2, 0.25) is 0 Å². The summed E-state index contributed by atoms with van der Waals surface area (Å²) in [6, 6.07) is 0. The maximum atomic E-state index is 11.5. The normalized spacial score (nSPS) is 29.8. The molecule has 1 N–H and O–H groups in total. The van der Waals surface area contributed by atoms with Crippen molar-refractivity contribution >= 4 is 5.78 Å². The monoisotopic (exact) mass is 166 g/mol. The first kappa shape index (κ1) is 9.04. The first-order valence-electron chi connectivity index (χ1n) is 4.15. The summed E-state index contributed by atoms with van der Waals surface area (Å²) in [5, 5.41) is 9.22. The molecule has 0 aromatic carbocycles. The molecule has 1 atom stereocenters. The number of rotatable bonds is 2. The van der Waals surface area contributed by atoms with Crippen LogP contribution in [-0.2, 0) is 4.79 Å². The van der Waals surface area contributed by atoms with E-state index in [0.29, 0.717) is 6.42 Å². The third kappa shape index (κ3) is 1.42. The molecule has 1 aliphatic rings. The molecule has 0 aliphatic heterocycles. The topological polar surface area (TPSA) is 37.3 Å². The summed E-state index contributed by atoms with van der Waals surface area (Å²) in [7, 11) is 0. The Bertz CT molecular complexity index is 240. The average molecular weight is 166 g/mol. The van der Waals surface area contributed by atoms with Crippen LogP contribution in [0.1, 0.15) is 26.2 Å². The van der Waals surface area contributed by atoms with Gasteiger partial charge in [0.05, 0.1) is 0 Å². The van der Waals surface area contributed by atoms with Crippen LogP contribution in [0, 0.1) is 5.41 Å². The summed E-state index contributed by atoms with van der Waals surface area (Å²) in [5.74, 6) is -0.223. The fourth-order valence-corrected chi connectivity index (χ4v) is 1.56. The zero-order valence-corrected chi connectivity index (χ0v) is 7.34. The second-order valence-corrected chi connectivity index (χ2v) is 3.51. The number of Topliss-reactive ketones (excluding diaryl/α,β-unsaturated/α-hetero) is 1. The van der Waals surface area contributed by atoms with Crippen LogP contribution < -0.4 is 0 Å². The van der Waals surface area contributed by atoms with Crippen molar-refractivity contribution in [3.63, 3.8) is 0 Å². The van der Waals surface area contributed by atoms with E-state index in [9.17, 15) is 9.90 Å². The third-order valence-electron chi connectivity index (χ3n) is 2.41. The molecule has 2 heteroatoms. The highest BCUT2D eigenvalue weighted by atomic mass is 16.3. The number of aliphatic hydroxyl groups excluding tert-OH is 1. The molecule has 0 aromatic rings. The van der Waals surface area contributed by atoms with Crippen molar-refractivity contribution in [2.24, 2.45) is 5.41 Å². The number of allylic oxidation sites excluding steroid dienone is 3. The summed E-state index contributed by atoms with van der Waals surface area (Å²) in [5.41, 5.74) is -0.416. The van der Waals surface area contributed by atoms with Gasteiger partial charge in [0.15, 0.2) is 5.76 Å². The van der Waals surface area contributed by atoms with Gasteiger partial charge in [0.2, 0.25) is 5.78 Å². The molecular weight excluding hydrogens is 152 g/mol. The molecule has 12 heavy (non-hydrogen) atoms. The van der Waals surface area contributed by atoms with Crippen molar-refractivity contribution in [3.05, 3.63) is 24.5 Å². The van der Waals surface area contributed by atoms with Gasteiger partial charge in [-0.1, -0.05) is 13.0 Å². The Kier molecular flexibility index (Phi) is 2.36. The highest BCUT2D eigenvalue weighted by Crippen LogP contribution is 2.35. The lowest BCUT2D eigenvalue weighted by molar-refractivity contribution is -0.127. The molecule has 1 rings (SSSR count). The Morgan fingerprint density at radius 3 is 3.08 bits per heavy atom. The fourth-order valence-electron chi connectivity index (χ4n) is 1.56. The van der Waals surface area contributed by atoms with E-state index in [1.165, 1.54) is 0 Å². The van der Waals surface area contributed by atoms with Gasteiger partial charge in [0.25, 0.3) is 0 Å². The Hall–Kier alpha value is -1.05. The molecular formula is C10H14O2. The number of carbonyl (C=O) groups excluding carboxylic acids is 1. The molecule has 0 unspecified atom stereocenters. The molecule has 0 spiro atoms. The second kappa shape index (κ2) is 3.13. The van der Waals surface area contributed by atoms with E-state index >= 15 is 0 Å². The third-order valence-corrected chi connectivity index (χ3v) is 2.41. The highest BCUT2D eigenvalue weighted by Gasteiger charge is 2.35. The molecule has 0 bridgehead atoms. The fraction of sp³-hybridized carbons (Fsp3) is 0.500. The standard InChI is InChI=1S/C10H14O2/c1-3-6-10(2)7-4-5-8(11)9(10)12/h3,5,11H,1,4,6-7H2,2H3/t10-/m1/s1. The smallest absolute Gasteiger partial charge is 0.202 e. The van der Waals surface area contributed by atoms with Crippen LogP contribution in [0.15, 0.2) is 24.5 Å². The molecule has 0 saturated carbocycles. The van der Waals surface area contributed by atoms with Crippen molar-refractivity contribution in [1.29, 1.82) is 0 Å². The predicted octanol–water partition coefficient (Wildman–Crippen LogP) is 2.37. The summed E-state index contributed by atoms with van der Waals surface area (Å²) >= 11 is 0.